The number of allylic oxidation sites excluding steroid dienone is 1. The van der Waals surface area contributed by atoms with Gasteiger partial charge in [-0.25, -0.2) is 18.1 Å². The van der Waals surface area contributed by atoms with Gasteiger partial charge in [0.05, 0.1) is 10.6 Å². The Balaban J connectivity index is 1.69. The lowest BCUT2D eigenvalue weighted by Gasteiger charge is -2.18. The van der Waals surface area contributed by atoms with Crippen molar-refractivity contribution < 1.29 is 17.9 Å². The summed E-state index contributed by atoms with van der Waals surface area (Å²) >= 11 is 3.30. The number of fused-ring (bicyclic) bond motifs is 1. The normalized spacial score (nSPS) is 13.1. The minimum absolute atomic E-state index is 0.140. The molecule has 1 aromatic heterocycles. The Morgan fingerprint density at radius 1 is 1.17 bits per heavy atom. The molecule has 0 spiro atoms. The van der Waals surface area contributed by atoms with Crippen molar-refractivity contribution in [2.45, 2.75) is 11.4 Å². The van der Waals surface area contributed by atoms with Crippen LogP contribution in [0.15, 0.2) is 70.7 Å². The molecule has 0 bridgehead atoms. The summed E-state index contributed by atoms with van der Waals surface area (Å²) in [5, 5.41) is 0. The Kier molecular flexibility index (Phi) is 5.33. The van der Waals surface area contributed by atoms with E-state index in [1.54, 1.807) is 29.0 Å². The van der Waals surface area contributed by atoms with E-state index in [-0.39, 0.29) is 10.8 Å². The summed E-state index contributed by atoms with van der Waals surface area (Å²) < 4.78 is 41.7. The maximum atomic E-state index is 12.8. The van der Waals surface area contributed by atoms with Gasteiger partial charge in [-0.05, 0) is 36.4 Å². The minimum Gasteiger partial charge on any atom is -0.486 e. The van der Waals surface area contributed by atoms with Crippen molar-refractivity contribution in [1.82, 2.24) is 9.55 Å². The number of nitrogens with one attached hydrogen (secondary N) is 1. The molecule has 0 saturated carbocycles. The quantitative estimate of drug-likeness (QED) is 0.543. The van der Waals surface area contributed by atoms with Gasteiger partial charge in [-0.2, -0.15) is 0 Å². The van der Waals surface area contributed by atoms with Gasteiger partial charge in [0.2, 0.25) is 5.95 Å². The molecule has 0 amide bonds. The molecule has 0 fully saturated rings. The molecule has 0 saturated heterocycles. The zero-order valence-electron chi connectivity index (χ0n) is 15.3. The van der Waals surface area contributed by atoms with Crippen molar-refractivity contribution in [3.05, 3.63) is 65.8 Å². The highest BCUT2D eigenvalue weighted by Crippen LogP contribution is 2.34. The van der Waals surface area contributed by atoms with Gasteiger partial charge in [0.1, 0.15) is 13.2 Å². The SMILES string of the molecule is C=CCn1cc(-c2ccc3c(c2)OCCO3)nc1NS(=O)(=O)c1cccc(Br)c1. The van der Waals surface area contributed by atoms with E-state index in [0.29, 0.717) is 41.4 Å². The molecule has 0 aliphatic carbocycles. The lowest BCUT2D eigenvalue weighted by atomic mass is 10.1. The second-order valence-corrected chi connectivity index (χ2v) is 8.91. The molecule has 1 N–H and O–H groups in total. The summed E-state index contributed by atoms with van der Waals surface area (Å²) in [6, 6.07) is 12.0. The number of aromatic nitrogens is 2. The number of ether oxygens (including phenoxy) is 2. The maximum Gasteiger partial charge on any atom is 0.264 e. The molecular formula is C20H18BrN3O4S. The fourth-order valence-electron chi connectivity index (χ4n) is 2.93. The first kappa shape index (κ1) is 19.5. The average molecular weight is 476 g/mol. The summed E-state index contributed by atoms with van der Waals surface area (Å²) in [5.41, 5.74) is 1.40. The van der Waals surface area contributed by atoms with Crippen LogP contribution in [0.5, 0.6) is 11.5 Å². The van der Waals surface area contributed by atoms with E-state index in [1.165, 1.54) is 12.1 Å². The van der Waals surface area contributed by atoms with Gasteiger partial charge < -0.3 is 14.0 Å². The molecule has 9 heteroatoms. The van der Waals surface area contributed by atoms with Crippen LogP contribution in [0.1, 0.15) is 0 Å². The number of halogens is 1. The van der Waals surface area contributed by atoms with Gasteiger partial charge in [-0.15, -0.1) is 6.58 Å². The van der Waals surface area contributed by atoms with Crippen LogP contribution in [-0.4, -0.2) is 31.2 Å². The zero-order chi connectivity index (χ0) is 20.4. The van der Waals surface area contributed by atoms with Gasteiger partial charge in [0.15, 0.2) is 11.5 Å². The number of nitrogens with zero attached hydrogens (tertiary/aromatic N) is 2. The van der Waals surface area contributed by atoms with E-state index in [9.17, 15) is 8.42 Å². The highest BCUT2D eigenvalue weighted by Gasteiger charge is 2.20. The van der Waals surface area contributed by atoms with E-state index in [4.69, 9.17) is 9.47 Å². The molecule has 0 unspecified atom stereocenters. The fraction of sp³-hybridized carbons (Fsp3) is 0.150. The van der Waals surface area contributed by atoms with Crippen LogP contribution < -0.4 is 14.2 Å². The molecule has 1 aliphatic rings. The van der Waals surface area contributed by atoms with E-state index in [2.05, 4.69) is 32.2 Å². The summed E-state index contributed by atoms with van der Waals surface area (Å²) in [6.45, 7) is 5.13. The standard InChI is InChI=1S/C20H18BrN3O4S/c1-2-8-24-13-17(14-6-7-18-19(11-14)28-10-9-27-18)22-20(24)23-29(25,26)16-5-3-4-15(21)12-16/h2-7,11-13H,1,8-10H2,(H,22,23). The number of rotatable bonds is 6. The Morgan fingerprint density at radius 3 is 2.72 bits per heavy atom. The molecule has 2 aromatic carbocycles. The van der Waals surface area contributed by atoms with Crippen molar-refractivity contribution in [2.75, 3.05) is 17.9 Å². The third-order valence-electron chi connectivity index (χ3n) is 4.27. The van der Waals surface area contributed by atoms with E-state index in [1.807, 2.05) is 18.2 Å². The number of anilines is 1. The van der Waals surface area contributed by atoms with Crippen molar-refractivity contribution >= 4 is 31.9 Å². The van der Waals surface area contributed by atoms with Crippen LogP contribution in [0.2, 0.25) is 0 Å². The van der Waals surface area contributed by atoms with E-state index < -0.39 is 10.0 Å². The Labute approximate surface area is 177 Å². The molecular weight excluding hydrogens is 458 g/mol. The Hall–Kier alpha value is -2.78. The highest BCUT2D eigenvalue weighted by molar-refractivity contribution is 9.10. The Bertz CT molecular complexity index is 1170. The van der Waals surface area contributed by atoms with Crippen LogP contribution in [0, 0.1) is 0 Å². The van der Waals surface area contributed by atoms with Crippen molar-refractivity contribution in [3.8, 4) is 22.8 Å². The third kappa shape index (κ3) is 4.15. The van der Waals surface area contributed by atoms with Crippen LogP contribution in [0.25, 0.3) is 11.3 Å². The average Bonchev–Trinajstić information content (AvgIpc) is 3.10. The molecule has 0 radical (unpaired) electrons. The molecule has 4 rings (SSSR count). The Morgan fingerprint density at radius 2 is 1.97 bits per heavy atom. The monoisotopic (exact) mass is 475 g/mol. The third-order valence-corrected chi connectivity index (χ3v) is 6.09. The van der Waals surface area contributed by atoms with Crippen LogP contribution in [0.3, 0.4) is 0 Å². The number of hydrogen-bond acceptors (Lipinski definition) is 5. The molecule has 1 aliphatic heterocycles. The summed E-state index contributed by atoms with van der Waals surface area (Å²) in [5.74, 6) is 1.53. The lowest BCUT2D eigenvalue weighted by molar-refractivity contribution is 0.171. The van der Waals surface area contributed by atoms with Crippen molar-refractivity contribution in [1.29, 1.82) is 0 Å². The van der Waals surface area contributed by atoms with Gasteiger partial charge in [-0.1, -0.05) is 28.1 Å². The number of hydrogen-bond donors (Lipinski definition) is 1. The number of benzene rings is 2. The maximum absolute atomic E-state index is 12.8. The van der Waals surface area contributed by atoms with Crippen molar-refractivity contribution in [2.24, 2.45) is 0 Å². The molecule has 0 atom stereocenters. The first-order valence-electron chi connectivity index (χ1n) is 8.83. The summed E-state index contributed by atoms with van der Waals surface area (Å²) in [6.07, 6.45) is 3.44. The van der Waals surface area contributed by atoms with Crippen LogP contribution in [0.4, 0.5) is 5.95 Å². The molecule has 150 valence electrons. The summed E-state index contributed by atoms with van der Waals surface area (Å²) in [4.78, 5) is 4.64. The molecule has 2 heterocycles. The smallest absolute Gasteiger partial charge is 0.264 e. The largest absolute Gasteiger partial charge is 0.486 e. The second-order valence-electron chi connectivity index (χ2n) is 6.31. The number of sulfonamides is 1. The van der Waals surface area contributed by atoms with Gasteiger partial charge in [0, 0.05) is 22.8 Å². The van der Waals surface area contributed by atoms with Gasteiger partial charge in [-0.3, -0.25) is 0 Å². The van der Waals surface area contributed by atoms with Gasteiger partial charge in [0.25, 0.3) is 10.0 Å². The van der Waals surface area contributed by atoms with E-state index in [0.717, 1.165) is 5.56 Å². The van der Waals surface area contributed by atoms with Crippen molar-refractivity contribution in [3.63, 3.8) is 0 Å². The molecule has 29 heavy (non-hydrogen) atoms. The minimum atomic E-state index is -3.80. The highest BCUT2D eigenvalue weighted by atomic mass is 79.9. The fourth-order valence-corrected chi connectivity index (χ4v) is 4.54. The molecule has 7 nitrogen and oxygen atoms in total. The summed E-state index contributed by atoms with van der Waals surface area (Å²) in [7, 11) is -3.80. The van der Waals surface area contributed by atoms with Gasteiger partial charge >= 0.3 is 0 Å². The second kappa shape index (κ2) is 7.92. The van der Waals surface area contributed by atoms with Crippen LogP contribution in [-0.2, 0) is 16.6 Å². The van der Waals surface area contributed by atoms with E-state index >= 15 is 0 Å². The number of imidazole rings is 1. The lowest BCUT2D eigenvalue weighted by Crippen LogP contribution is -2.16. The first-order valence-corrected chi connectivity index (χ1v) is 11.1. The first-order chi connectivity index (χ1) is 14.0. The zero-order valence-corrected chi connectivity index (χ0v) is 17.7. The van der Waals surface area contributed by atoms with Crippen LogP contribution >= 0.6 is 15.9 Å². The predicted molar refractivity (Wildman–Crippen MR) is 114 cm³/mol. The molecule has 3 aromatic rings. The topological polar surface area (TPSA) is 82.4 Å². The predicted octanol–water partition coefficient (Wildman–Crippen LogP) is 4.07.